The van der Waals surface area contributed by atoms with Crippen molar-refractivity contribution < 1.29 is 9.59 Å². The Morgan fingerprint density at radius 2 is 2.40 bits per heavy atom. The largest absolute Gasteiger partial charge is 0.354 e. The Balaban J connectivity index is 2.51. The molecule has 0 aliphatic carbocycles. The predicted molar refractivity (Wildman–Crippen MR) is 57.0 cm³/mol. The lowest BCUT2D eigenvalue weighted by Crippen LogP contribution is -2.44. The van der Waals surface area contributed by atoms with E-state index >= 15 is 0 Å². The molecule has 1 aliphatic rings. The van der Waals surface area contributed by atoms with Gasteiger partial charge in [0.1, 0.15) is 0 Å². The number of nitrogens with one attached hydrogen (secondary N) is 1. The summed E-state index contributed by atoms with van der Waals surface area (Å²) in [6.07, 6.45) is 2.45. The SMILES string of the molecule is C=CCC(N)C(=O)N1CCNC(=O)CC1. The summed E-state index contributed by atoms with van der Waals surface area (Å²) in [7, 11) is 0. The highest BCUT2D eigenvalue weighted by molar-refractivity contribution is 5.83. The van der Waals surface area contributed by atoms with Crippen molar-refractivity contribution in [3.05, 3.63) is 12.7 Å². The fraction of sp³-hybridized carbons (Fsp3) is 0.600. The molecule has 5 heteroatoms. The first-order valence-corrected chi connectivity index (χ1v) is 5.07. The molecule has 0 aromatic carbocycles. The number of nitrogens with zero attached hydrogens (tertiary/aromatic N) is 1. The van der Waals surface area contributed by atoms with Gasteiger partial charge in [-0.25, -0.2) is 0 Å². The van der Waals surface area contributed by atoms with Gasteiger partial charge in [0.2, 0.25) is 11.8 Å². The summed E-state index contributed by atoms with van der Waals surface area (Å²) in [5.74, 6) is -0.117. The van der Waals surface area contributed by atoms with E-state index in [1.165, 1.54) is 0 Å². The first kappa shape index (κ1) is 11.7. The van der Waals surface area contributed by atoms with Crippen LogP contribution in [-0.2, 0) is 9.59 Å². The molecule has 1 unspecified atom stereocenters. The Bertz CT molecular complexity index is 265. The molecule has 3 N–H and O–H groups in total. The molecule has 1 saturated heterocycles. The van der Waals surface area contributed by atoms with Gasteiger partial charge in [-0.2, -0.15) is 0 Å². The highest BCUT2D eigenvalue weighted by Crippen LogP contribution is 2.01. The van der Waals surface area contributed by atoms with Crippen LogP contribution in [0.1, 0.15) is 12.8 Å². The van der Waals surface area contributed by atoms with Gasteiger partial charge < -0.3 is 16.0 Å². The maximum absolute atomic E-state index is 11.8. The van der Waals surface area contributed by atoms with Crippen LogP contribution in [0.15, 0.2) is 12.7 Å². The highest BCUT2D eigenvalue weighted by Gasteiger charge is 2.22. The average Bonchev–Trinajstić information content (AvgIpc) is 2.42. The molecule has 0 bridgehead atoms. The molecule has 2 amide bonds. The van der Waals surface area contributed by atoms with E-state index < -0.39 is 6.04 Å². The monoisotopic (exact) mass is 211 g/mol. The van der Waals surface area contributed by atoms with Gasteiger partial charge in [-0.05, 0) is 6.42 Å². The van der Waals surface area contributed by atoms with E-state index in [9.17, 15) is 9.59 Å². The van der Waals surface area contributed by atoms with E-state index in [1.54, 1.807) is 11.0 Å². The zero-order valence-electron chi connectivity index (χ0n) is 8.74. The van der Waals surface area contributed by atoms with Crippen molar-refractivity contribution >= 4 is 11.8 Å². The molecule has 0 aromatic rings. The molecular formula is C10H17N3O2. The van der Waals surface area contributed by atoms with Gasteiger partial charge in [0.05, 0.1) is 6.04 Å². The second-order valence-corrected chi connectivity index (χ2v) is 3.56. The predicted octanol–water partition coefficient (Wildman–Crippen LogP) is -0.762. The molecule has 0 aromatic heterocycles. The van der Waals surface area contributed by atoms with Gasteiger partial charge in [-0.15, -0.1) is 6.58 Å². The standard InChI is InChI=1S/C10H17N3O2/c1-2-3-8(11)10(15)13-6-4-9(14)12-5-7-13/h2,8H,1,3-7,11H2,(H,12,14). The van der Waals surface area contributed by atoms with E-state index in [4.69, 9.17) is 5.73 Å². The molecule has 0 spiro atoms. The molecule has 1 fully saturated rings. The summed E-state index contributed by atoms with van der Waals surface area (Å²) in [6.45, 7) is 5.04. The quantitative estimate of drug-likeness (QED) is 0.602. The number of carbonyl (C=O) groups is 2. The van der Waals surface area contributed by atoms with Crippen molar-refractivity contribution in [2.75, 3.05) is 19.6 Å². The Morgan fingerprint density at radius 1 is 1.67 bits per heavy atom. The summed E-state index contributed by atoms with van der Waals surface area (Å²) in [6, 6.07) is -0.532. The zero-order valence-corrected chi connectivity index (χ0v) is 8.74. The summed E-state index contributed by atoms with van der Waals surface area (Å²) in [5, 5.41) is 2.71. The second kappa shape index (κ2) is 5.50. The zero-order chi connectivity index (χ0) is 11.3. The smallest absolute Gasteiger partial charge is 0.239 e. The molecule has 0 radical (unpaired) electrons. The van der Waals surface area contributed by atoms with Crippen molar-refractivity contribution in [2.45, 2.75) is 18.9 Å². The number of hydrogen-bond acceptors (Lipinski definition) is 3. The van der Waals surface area contributed by atoms with Crippen molar-refractivity contribution in [3.8, 4) is 0 Å². The minimum atomic E-state index is -0.532. The molecule has 5 nitrogen and oxygen atoms in total. The third kappa shape index (κ3) is 3.36. The average molecular weight is 211 g/mol. The topological polar surface area (TPSA) is 75.4 Å². The normalized spacial score (nSPS) is 19.0. The molecular weight excluding hydrogens is 194 g/mol. The summed E-state index contributed by atoms with van der Waals surface area (Å²) in [5.41, 5.74) is 5.68. The lowest BCUT2D eigenvalue weighted by molar-refractivity contribution is -0.132. The van der Waals surface area contributed by atoms with Crippen LogP contribution in [0.2, 0.25) is 0 Å². The minimum absolute atomic E-state index is 0.0115. The number of nitrogens with two attached hydrogens (primary N) is 1. The number of amides is 2. The number of hydrogen-bond donors (Lipinski definition) is 2. The van der Waals surface area contributed by atoms with E-state index in [0.717, 1.165) is 0 Å². The van der Waals surface area contributed by atoms with Crippen LogP contribution in [0, 0.1) is 0 Å². The lowest BCUT2D eigenvalue weighted by atomic mass is 10.2. The van der Waals surface area contributed by atoms with Gasteiger partial charge in [-0.1, -0.05) is 6.08 Å². The maximum atomic E-state index is 11.8. The maximum Gasteiger partial charge on any atom is 0.239 e. The van der Waals surface area contributed by atoms with E-state index in [0.29, 0.717) is 32.5 Å². The molecule has 1 rings (SSSR count). The van der Waals surface area contributed by atoms with Crippen LogP contribution in [0.25, 0.3) is 0 Å². The number of rotatable bonds is 3. The Labute approximate surface area is 89.3 Å². The molecule has 15 heavy (non-hydrogen) atoms. The fourth-order valence-electron chi connectivity index (χ4n) is 1.50. The van der Waals surface area contributed by atoms with Crippen molar-refractivity contribution in [2.24, 2.45) is 5.73 Å². The third-order valence-corrected chi connectivity index (χ3v) is 2.36. The van der Waals surface area contributed by atoms with Crippen molar-refractivity contribution in [3.63, 3.8) is 0 Å². The summed E-state index contributed by atoms with van der Waals surface area (Å²) >= 11 is 0. The first-order chi connectivity index (χ1) is 7.15. The van der Waals surface area contributed by atoms with Gasteiger partial charge in [0.15, 0.2) is 0 Å². The summed E-state index contributed by atoms with van der Waals surface area (Å²) < 4.78 is 0. The molecule has 0 saturated carbocycles. The van der Waals surface area contributed by atoms with E-state index in [1.807, 2.05) is 0 Å². The van der Waals surface area contributed by atoms with Crippen LogP contribution in [0.3, 0.4) is 0 Å². The highest BCUT2D eigenvalue weighted by atomic mass is 16.2. The third-order valence-electron chi connectivity index (χ3n) is 2.36. The number of carbonyl (C=O) groups excluding carboxylic acids is 2. The Kier molecular flexibility index (Phi) is 4.30. The van der Waals surface area contributed by atoms with Crippen LogP contribution < -0.4 is 11.1 Å². The van der Waals surface area contributed by atoms with Gasteiger partial charge in [0.25, 0.3) is 0 Å². The van der Waals surface area contributed by atoms with Crippen LogP contribution >= 0.6 is 0 Å². The van der Waals surface area contributed by atoms with Crippen LogP contribution in [-0.4, -0.2) is 42.4 Å². The van der Waals surface area contributed by atoms with E-state index in [-0.39, 0.29) is 11.8 Å². The van der Waals surface area contributed by atoms with Crippen LogP contribution in [0.4, 0.5) is 0 Å². The Morgan fingerprint density at radius 3 is 3.07 bits per heavy atom. The van der Waals surface area contributed by atoms with Crippen LogP contribution in [0.5, 0.6) is 0 Å². The molecule has 84 valence electrons. The molecule has 1 atom stereocenters. The van der Waals surface area contributed by atoms with Gasteiger partial charge in [0, 0.05) is 26.1 Å². The second-order valence-electron chi connectivity index (χ2n) is 3.56. The molecule has 1 aliphatic heterocycles. The van der Waals surface area contributed by atoms with Gasteiger partial charge in [-0.3, -0.25) is 9.59 Å². The van der Waals surface area contributed by atoms with Crippen molar-refractivity contribution in [1.29, 1.82) is 0 Å². The lowest BCUT2D eigenvalue weighted by Gasteiger charge is -2.22. The minimum Gasteiger partial charge on any atom is -0.354 e. The van der Waals surface area contributed by atoms with Crippen molar-refractivity contribution in [1.82, 2.24) is 10.2 Å². The Hall–Kier alpha value is -1.36. The fourth-order valence-corrected chi connectivity index (χ4v) is 1.50. The first-order valence-electron chi connectivity index (χ1n) is 5.07. The van der Waals surface area contributed by atoms with E-state index in [2.05, 4.69) is 11.9 Å². The van der Waals surface area contributed by atoms with Gasteiger partial charge >= 0.3 is 0 Å². The molecule has 1 heterocycles. The summed E-state index contributed by atoms with van der Waals surface area (Å²) in [4.78, 5) is 24.4.